The molecule has 0 radical (unpaired) electrons. The molecule has 3 nitrogen and oxygen atoms in total. The lowest BCUT2D eigenvalue weighted by molar-refractivity contribution is 0.111. The van der Waals surface area contributed by atoms with Gasteiger partial charge in [0.15, 0.2) is 0 Å². The van der Waals surface area contributed by atoms with Crippen LogP contribution in [0.1, 0.15) is 20.3 Å². The molecule has 0 aromatic heterocycles. The third-order valence-corrected chi connectivity index (χ3v) is 6.27. The summed E-state index contributed by atoms with van der Waals surface area (Å²) in [5.41, 5.74) is 0. The van der Waals surface area contributed by atoms with E-state index in [0.29, 0.717) is 6.42 Å². The van der Waals surface area contributed by atoms with Gasteiger partial charge in [-0.25, -0.2) is 0 Å². The van der Waals surface area contributed by atoms with Crippen molar-refractivity contribution in [2.45, 2.75) is 25.6 Å². The average molecular weight is 198 g/mol. The van der Waals surface area contributed by atoms with Gasteiger partial charge >= 0.3 is 0 Å². The zero-order valence-corrected chi connectivity index (χ0v) is 9.04. The van der Waals surface area contributed by atoms with E-state index in [9.17, 15) is 5.11 Å². The molecule has 0 amide bonds. The number of hydrogen-bond donors (Lipinski definition) is 1. The second kappa shape index (κ2) is 3.97. The zero-order valence-electron chi connectivity index (χ0n) is 7.33. The van der Waals surface area contributed by atoms with Crippen LogP contribution in [0.15, 0.2) is 0 Å². The molecule has 0 saturated heterocycles. The standard InChI is InChI=1S/C6H15O3PS/c1-5-6(2,7)10(11,8-3)9-4/h7H,5H2,1-4H3. The summed E-state index contributed by atoms with van der Waals surface area (Å²) in [6, 6.07) is 0. The number of aliphatic hydroxyl groups is 1. The maximum absolute atomic E-state index is 9.74. The van der Waals surface area contributed by atoms with E-state index in [1.54, 1.807) is 6.92 Å². The van der Waals surface area contributed by atoms with E-state index in [4.69, 9.17) is 20.9 Å². The fourth-order valence-corrected chi connectivity index (χ4v) is 2.37. The molecular weight excluding hydrogens is 183 g/mol. The molecule has 0 aromatic carbocycles. The van der Waals surface area contributed by atoms with Gasteiger partial charge in [-0.05, 0) is 25.2 Å². The predicted molar refractivity (Wildman–Crippen MR) is 49.2 cm³/mol. The Morgan fingerprint density at radius 2 is 1.82 bits per heavy atom. The van der Waals surface area contributed by atoms with E-state index in [2.05, 4.69) is 0 Å². The summed E-state index contributed by atoms with van der Waals surface area (Å²) in [6.07, 6.45) is 0.534. The Kier molecular flexibility index (Phi) is 4.16. The second-order valence-electron chi connectivity index (χ2n) is 2.43. The zero-order chi connectivity index (χ0) is 9.12. The minimum Gasteiger partial charge on any atom is -0.380 e. The highest BCUT2D eigenvalue weighted by atomic mass is 32.5. The van der Waals surface area contributed by atoms with E-state index in [-0.39, 0.29) is 0 Å². The van der Waals surface area contributed by atoms with Crippen molar-refractivity contribution < 1.29 is 14.2 Å². The number of hydrogen-bond acceptors (Lipinski definition) is 4. The first-order valence-electron chi connectivity index (χ1n) is 3.37. The van der Waals surface area contributed by atoms with E-state index in [1.807, 2.05) is 6.92 Å². The highest BCUT2D eigenvalue weighted by Crippen LogP contribution is 2.58. The summed E-state index contributed by atoms with van der Waals surface area (Å²) in [4.78, 5) is 0. The second-order valence-corrected chi connectivity index (χ2v) is 6.56. The van der Waals surface area contributed by atoms with Crippen molar-refractivity contribution in [1.29, 1.82) is 0 Å². The monoisotopic (exact) mass is 198 g/mol. The summed E-state index contributed by atoms with van der Waals surface area (Å²) >= 11 is 5.06. The fraction of sp³-hybridized carbons (Fsp3) is 1.00. The first-order chi connectivity index (χ1) is 4.93. The summed E-state index contributed by atoms with van der Waals surface area (Å²) in [7, 11) is 2.93. The molecule has 0 heterocycles. The van der Waals surface area contributed by atoms with Crippen LogP contribution in [0.25, 0.3) is 0 Å². The van der Waals surface area contributed by atoms with Crippen LogP contribution in [-0.2, 0) is 20.9 Å². The van der Waals surface area contributed by atoms with Crippen LogP contribution < -0.4 is 0 Å². The van der Waals surface area contributed by atoms with Gasteiger partial charge in [0, 0.05) is 14.2 Å². The molecule has 0 bridgehead atoms. The Morgan fingerprint density at radius 3 is 1.91 bits per heavy atom. The largest absolute Gasteiger partial charge is 0.380 e. The lowest BCUT2D eigenvalue weighted by Crippen LogP contribution is -2.24. The van der Waals surface area contributed by atoms with Gasteiger partial charge in [0.2, 0.25) is 6.49 Å². The van der Waals surface area contributed by atoms with Crippen molar-refractivity contribution in [1.82, 2.24) is 0 Å². The van der Waals surface area contributed by atoms with Gasteiger partial charge in [-0.1, -0.05) is 6.92 Å². The predicted octanol–water partition coefficient (Wildman–Crippen LogP) is 1.71. The quantitative estimate of drug-likeness (QED) is 0.698. The summed E-state index contributed by atoms with van der Waals surface area (Å²) in [6.45, 7) is 0.991. The van der Waals surface area contributed by atoms with Crippen LogP contribution in [0.5, 0.6) is 0 Å². The molecule has 0 aliphatic heterocycles. The van der Waals surface area contributed by atoms with Crippen LogP contribution in [0.2, 0.25) is 0 Å². The molecule has 0 aliphatic rings. The van der Waals surface area contributed by atoms with E-state index >= 15 is 0 Å². The molecular formula is C6H15O3PS. The Morgan fingerprint density at radius 1 is 1.45 bits per heavy atom. The molecule has 0 fully saturated rings. The topological polar surface area (TPSA) is 38.7 Å². The van der Waals surface area contributed by atoms with Crippen molar-refractivity contribution in [3.05, 3.63) is 0 Å². The van der Waals surface area contributed by atoms with Gasteiger partial charge in [-0.2, -0.15) is 0 Å². The van der Waals surface area contributed by atoms with Gasteiger partial charge in [-0.3, -0.25) is 0 Å². The van der Waals surface area contributed by atoms with Crippen molar-refractivity contribution in [3.8, 4) is 0 Å². The van der Waals surface area contributed by atoms with Gasteiger partial charge in [-0.15, -0.1) is 0 Å². The van der Waals surface area contributed by atoms with E-state index in [1.165, 1.54) is 14.2 Å². The molecule has 0 rings (SSSR count). The fourth-order valence-electron chi connectivity index (χ4n) is 0.662. The molecule has 0 aromatic rings. The SMILES string of the molecule is CCC(C)(O)P(=S)(OC)OC. The molecule has 0 spiro atoms. The van der Waals surface area contributed by atoms with Gasteiger partial charge in [0.25, 0.3) is 0 Å². The van der Waals surface area contributed by atoms with Gasteiger partial charge in [0.1, 0.15) is 5.34 Å². The molecule has 0 saturated carbocycles. The molecule has 1 atom stereocenters. The molecule has 1 N–H and O–H groups in total. The minimum atomic E-state index is -2.50. The normalized spacial score (nSPS) is 17.9. The molecule has 5 heteroatoms. The Hall–Kier alpha value is 0.530. The highest BCUT2D eigenvalue weighted by Gasteiger charge is 2.37. The smallest absolute Gasteiger partial charge is 0.219 e. The minimum absolute atomic E-state index is 0.534. The molecule has 68 valence electrons. The van der Waals surface area contributed by atoms with Crippen LogP contribution in [0.3, 0.4) is 0 Å². The lowest BCUT2D eigenvalue weighted by Gasteiger charge is -2.32. The van der Waals surface area contributed by atoms with Gasteiger partial charge in [0.05, 0.1) is 0 Å². The van der Waals surface area contributed by atoms with E-state index in [0.717, 1.165) is 0 Å². The molecule has 11 heavy (non-hydrogen) atoms. The lowest BCUT2D eigenvalue weighted by atomic mass is 10.3. The third-order valence-electron chi connectivity index (χ3n) is 1.74. The maximum Gasteiger partial charge on any atom is 0.219 e. The Balaban J connectivity index is 4.63. The summed E-state index contributed by atoms with van der Waals surface area (Å²) < 4.78 is 9.99. The van der Waals surface area contributed by atoms with Crippen LogP contribution in [0.4, 0.5) is 0 Å². The first kappa shape index (κ1) is 11.5. The molecule has 0 aliphatic carbocycles. The van der Waals surface area contributed by atoms with Crippen molar-refractivity contribution in [2.24, 2.45) is 0 Å². The summed E-state index contributed by atoms with van der Waals surface area (Å²) in [5, 5.41) is 8.72. The maximum atomic E-state index is 9.74. The Labute approximate surface area is 72.9 Å². The van der Waals surface area contributed by atoms with E-state index < -0.39 is 11.8 Å². The van der Waals surface area contributed by atoms with Crippen LogP contribution in [-0.4, -0.2) is 24.7 Å². The van der Waals surface area contributed by atoms with Crippen LogP contribution >= 0.6 is 6.49 Å². The Bertz CT molecular complexity index is 161. The summed E-state index contributed by atoms with van der Waals surface area (Å²) in [5.74, 6) is 0. The highest BCUT2D eigenvalue weighted by molar-refractivity contribution is 8.10. The average Bonchev–Trinajstić information content (AvgIpc) is 2.02. The third kappa shape index (κ3) is 2.23. The first-order valence-corrected chi connectivity index (χ1v) is 6.01. The van der Waals surface area contributed by atoms with Crippen molar-refractivity contribution in [3.63, 3.8) is 0 Å². The number of rotatable bonds is 4. The van der Waals surface area contributed by atoms with Crippen LogP contribution in [0, 0.1) is 0 Å². The van der Waals surface area contributed by atoms with Crippen molar-refractivity contribution in [2.75, 3.05) is 14.2 Å². The van der Waals surface area contributed by atoms with Gasteiger partial charge < -0.3 is 14.2 Å². The molecule has 1 unspecified atom stereocenters. The van der Waals surface area contributed by atoms with Crippen molar-refractivity contribution >= 4 is 18.3 Å².